The van der Waals surface area contributed by atoms with E-state index in [2.05, 4.69) is 5.32 Å². The zero-order valence-corrected chi connectivity index (χ0v) is 11.3. The van der Waals surface area contributed by atoms with Crippen LogP contribution >= 0.6 is 0 Å². The van der Waals surface area contributed by atoms with E-state index in [1.54, 1.807) is 0 Å². The third-order valence-electron chi connectivity index (χ3n) is 3.25. The number of hydrogen-bond acceptors (Lipinski definition) is 1. The number of aryl methyl sites for hydroxylation is 2. The van der Waals surface area contributed by atoms with E-state index in [4.69, 9.17) is 0 Å². The third-order valence-corrected chi connectivity index (χ3v) is 3.25. The Bertz CT molecular complexity index is 562. The summed E-state index contributed by atoms with van der Waals surface area (Å²) in [6.07, 6.45) is 0. The fourth-order valence-corrected chi connectivity index (χ4v) is 2.34. The number of benzene rings is 2. The smallest absolute Gasteiger partial charge is 0.126 e. The van der Waals surface area contributed by atoms with E-state index in [-0.39, 0.29) is 0 Å². The summed E-state index contributed by atoms with van der Waals surface area (Å²) in [5.74, 6) is -1.10. The average molecular weight is 261 g/mol. The van der Waals surface area contributed by atoms with Crippen molar-refractivity contribution < 1.29 is 8.78 Å². The number of rotatable bonds is 3. The molecule has 2 aromatic rings. The quantitative estimate of drug-likeness (QED) is 0.881. The predicted molar refractivity (Wildman–Crippen MR) is 74.0 cm³/mol. The minimum Gasteiger partial charge on any atom is -0.316 e. The van der Waals surface area contributed by atoms with E-state index in [1.165, 1.54) is 17.7 Å². The first-order chi connectivity index (χ1) is 9.01. The molecule has 0 bridgehead atoms. The van der Waals surface area contributed by atoms with Crippen LogP contribution < -0.4 is 5.32 Å². The second-order valence-electron chi connectivity index (χ2n) is 4.78. The molecule has 3 heteroatoms. The van der Waals surface area contributed by atoms with E-state index < -0.39 is 11.6 Å². The van der Waals surface area contributed by atoms with Gasteiger partial charge in [-0.2, -0.15) is 0 Å². The first kappa shape index (κ1) is 13.7. The van der Waals surface area contributed by atoms with Gasteiger partial charge in [0, 0.05) is 12.6 Å². The van der Waals surface area contributed by atoms with Crippen LogP contribution in [-0.4, -0.2) is 7.05 Å². The highest BCUT2D eigenvalue weighted by Gasteiger charge is 2.08. The first-order valence-electron chi connectivity index (χ1n) is 6.22. The average Bonchev–Trinajstić information content (AvgIpc) is 2.32. The van der Waals surface area contributed by atoms with Crippen LogP contribution in [-0.2, 0) is 6.54 Å². The van der Waals surface area contributed by atoms with Crippen molar-refractivity contribution in [1.29, 1.82) is 0 Å². The van der Waals surface area contributed by atoms with Crippen molar-refractivity contribution in [2.45, 2.75) is 20.4 Å². The first-order valence-corrected chi connectivity index (χ1v) is 6.22. The van der Waals surface area contributed by atoms with Crippen molar-refractivity contribution in [1.82, 2.24) is 5.32 Å². The fraction of sp³-hybridized carbons (Fsp3) is 0.250. The molecule has 0 amide bonds. The summed E-state index contributed by atoms with van der Waals surface area (Å²) < 4.78 is 26.5. The van der Waals surface area contributed by atoms with Gasteiger partial charge in [-0.05, 0) is 60.8 Å². The molecular formula is C16H17F2N. The molecule has 0 saturated heterocycles. The lowest BCUT2D eigenvalue weighted by Gasteiger charge is -2.13. The van der Waals surface area contributed by atoms with Crippen molar-refractivity contribution in [3.05, 3.63) is 58.7 Å². The monoisotopic (exact) mass is 261 g/mol. The van der Waals surface area contributed by atoms with Gasteiger partial charge in [0.05, 0.1) is 0 Å². The van der Waals surface area contributed by atoms with Crippen molar-refractivity contribution in [2.24, 2.45) is 0 Å². The second-order valence-corrected chi connectivity index (χ2v) is 4.78. The number of hydrogen-bond donors (Lipinski definition) is 1. The lowest BCUT2D eigenvalue weighted by atomic mass is 9.95. The molecule has 0 spiro atoms. The van der Waals surface area contributed by atoms with E-state index in [0.717, 1.165) is 29.3 Å². The molecule has 1 nitrogen and oxygen atoms in total. The van der Waals surface area contributed by atoms with Crippen LogP contribution in [0.3, 0.4) is 0 Å². The summed E-state index contributed by atoms with van der Waals surface area (Å²) >= 11 is 0. The van der Waals surface area contributed by atoms with Gasteiger partial charge in [-0.1, -0.05) is 12.1 Å². The molecule has 0 saturated carbocycles. The molecule has 0 aliphatic rings. The third kappa shape index (κ3) is 2.99. The van der Waals surface area contributed by atoms with E-state index >= 15 is 0 Å². The summed E-state index contributed by atoms with van der Waals surface area (Å²) in [6, 6.07) is 7.53. The van der Waals surface area contributed by atoms with Crippen molar-refractivity contribution in [3.63, 3.8) is 0 Å². The minimum absolute atomic E-state index is 0.551. The van der Waals surface area contributed by atoms with Crippen LogP contribution in [0.2, 0.25) is 0 Å². The topological polar surface area (TPSA) is 12.0 Å². The fourth-order valence-electron chi connectivity index (χ4n) is 2.34. The van der Waals surface area contributed by atoms with Gasteiger partial charge in [-0.15, -0.1) is 0 Å². The van der Waals surface area contributed by atoms with Gasteiger partial charge in [0.25, 0.3) is 0 Å². The molecule has 0 fully saturated rings. The van der Waals surface area contributed by atoms with Gasteiger partial charge in [0.2, 0.25) is 0 Å². The summed E-state index contributed by atoms with van der Waals surface area (Å²) in [7, 11) is 1.90. The molecule has 0 unspecified atom stereocenters. The predicted octanol–water partition coefficient (Wildman–Crippen LogP) is 3.97. The van der Waals surface area contributed by atoms with Crippen LogP contribution in [0.25, 0.3) is 11.1 Å². The molecule has 0 atom stereocenters. The highest BCUT2D eigenvalue weighted by Crippen LogP contribution is 2.26. The largest absolute Gasteiger partial charge is 0.316 e. The van der Waals surface area contributed by atoms with Gasteiger partial charge < -0.3 is 5.32 Å². The maximum Gasteiger partial charge on any atom is 0.126 e. The van der Waals surface area contributed by atoms with Crippen LogP contribution in [0.15, 0.2) is 30.3 Å². The Labute approximate surface area is 112 Å². The van der Waals surface area contributed by atoms with Crippen molar-refractivity contribution in [3.8, 4) is 11.1 Å². The molecule has 0 aliphatic carbocycles. The Balaban J connectivity index is 2.51. The van der Waals surface area contributed by atoms with Crippen molar-refractivity contribution in [2.75, 3.05) is 7.05 Å². The molecule has 0 aromatic heterocycles. The standard InChI is InChI=1S/C16H17F2N/c1-10-4-12(5-11(2)16(10)9-19-3)13-6-14(17)8-15(18)7-13/h4-8,19H,9H2,1-3H3. The van der Waals surface area contributed by atoms with Crippen LogP contribution in [0, 0.1) is 25.5 Å². The van der Waals surface area contributed by atoms with E-state index in [9.17, 15) is 8.78 Å². The summed E-state index contributed by atoms with van der Waals surface area (Å²) in [5, 5.41) is 3.12. The van der Waals surface area contributed by atoms with E-state index in [0.29, 0.717) is 5.56 Å². The maximum atomic E-state index is 13.3. The highest BCUT2D eigenvalue weighted by atomic mass is 19.1. The highest BCUT2D eigenvalue weighted by molar-refractivity contribution is 5.66. The SMILES string of the molecule is CNCc1c(C)cc(-c2cc(F)cc(F)c2)cc1C. The summed E-state index contributed by atoms with van der Waals surface area (Å²) in [5.41, 5.74) is 4.87. The molecule has 100 valence electrons. The molecule has 2 aromatic carbocycles. The lowest BCUT2D eigenvalue weighted by Crippen LogP contribution is -2.08. The van der Waals surface area contributed by atoms with E-state index in [1.807, 2.05) is 33.0 Å². The molecule has 1 N–H and O–H groups in total. The molecule has 0 radical (unpaired) electrons. The van der Waals surface area contributed by atoms with Gasteiger partial charge in [0.15, 0.2) is 0 Å². The summed E-state index contributed by atoms with van der Waals surface area (Å²) in [6.45, 7) is 4.81. The Morgan fingerprint density at radius 3 is 1.79 bits per heavy atom. The van der Waals surface area contributed by atoms with Gasteiger partial charge in [-0.25, -0.2) is 8.78 Å². The zero-order chi connectivity index (χ0) is 14.0. The van der Waals surface area contributed by atoms with Gasteiger partial charge in [-0.3, -0.25) is 0 Å². The Hall–Kier alpha value is -1.74. The normalized spacial score (nSPS) is 10.8. The second kappa shape index (κ2) is 5.49. The van der Waals surface area contributed by atoms with Gasteiger partial charge in [0.1, 0.15) is 11.6 Å². The Morgan fingerprint density at radius 1 is 0.842 bits per heavy atom. The van der Waals surface area contributed by atoms with Crippen LogP contribution in [0.1, 0.15) is 16.7 Å². The summed E-state index contributed by atoms with van der Waals surface area (Å²) in [4.78, 5) is 0. The molecule has 0 heterocycles. The molecule has 19 heavy (non-hydrogen) atoms. The van der Waals surface area contributed by atoms with Crippen molar-refractivity contribution >= 4 is 0 Å². The molecule has 0 aliphatic heterocycles. The lowest BCUT2D eigenvalue weighted by molar-refractivity contribution is 0.584. The zero-order valence-electron chi connectivity index (χ0n) is 11.3. The molecular weight excluding hydrogens is 244 g/mol. The maximum absolute atomic E-state index is 13.3. The Kier molecular flexibility index (Phi) is 3.96. The van der Waals surface area contributed by atoms with Crippen LogP contribution in [0.4, 0.5) is 8.78 Å². The van der Waals surface area contributed by atoms with Gasteiger partial charge >= 0.3 is 0 Å². The number of nitrogens with one attached hydrogen (secondary N) is 1. The number of halogens is 2. The molecule has 2 rings (SSSR count). The van der Waals surface area contributed by atoms with Crippen LogP contribution in [0.5, 0.6) is 0 Å². The minimum atomic E-state index is -0.551. The Morgan fingerprint density at radius 2 is 1.32 bits per heavy atom.